The number of hydrogen-bond acceptors (Lipinski definition) is 3. The molecule has 1 heterocycles. The molecule has 0 aliphatic carbocycles. The number of carbonyl (C=O) groups is 2. The van der Waals surface area contributed by atoms with Crippen LogP contribution in [0.1, 0.15) is 35.7 Å². The van der Waals surface area contributed by atoms with Crippen molar-refractivity contribution < 1.29 is 9.59 Å². The predicted molar refractivity (Wildman–Crippen MR) is 79.9 cm³/mol. The van der Waals surface area contributed by atoms with Gasteiger partial charge < -0.3 is 11.1 Å². The van der Waals surface area contributed by atoms with E-state index in [2.05, 4.69) is 24.3 Å². The summed E-state index contributed by atoms with van der Waals surface area (Å²) in [6.07, 6.45) is 3.04. The van der Waals surface area contributed by atoms with Gasteiger partial charge in [0.2, 0.25) is 5.91 Å². The number of rotatable bonds is 5. The normalized spacial score (nSPS) is 10.6. The highest BCUT2D eigenvalue weighted by Crippen LogP contribution is 2.15. The maximum atomic E-state index is 12.1. The number of amides is 2. The van der Waals surface area contributed by atoms with Crippen LogP contribution in [0.25, 0.3) is 0 Å². The Kier molecular flexibility index (Phi) is 4.37. The third-order valence-electron chi connectivity index (χ3n) is 3.05. The molecular weight excluding hydrogens is 268 g/mol. The lowest BCUT2D eigenvalue weighted by Crippen LogP contribution is -2.18. The summed E-state index contributed by atoms with van der Waals surface area (Å²) < 4.78 is 1.37. The zero-order chi connectivity index (χ0) is 15.4. The Hall–Kier alpha value is -2.63. The standard InChI is InChI=1S/C15H18N4O2/c1-10(2)11-3-5-12(6-4-11)15(21)18-13-7-17-19(8-13)9-14(16)20/h3-8,10H,9H2,1-2H3,(H2,16,20)(H,18,21). The molecular formula is C15H18N4O2. The second kappa shape index (κ2) is 6.21. The Balaban J connectivity index is 2.03. The Morgan fingerprint density at radius 1 is 1.29 bits per heavy atom. The van der Waals surface area contributed by atoms with Gasteiger partial charge in [-0.25, -0.2) is 0 Å². The summed E-state index contributed by atoms with van der Waals surface area (Å²) in [5, 5.41) is 6.67. The zero-order valence-electron chi connectivity index (χ0n) is 12.0. The van der Waals surface area contributed by atoms with Gasteiger partial charge in [-0.3, -0.25) is 14.3 Å². The fraction of sp³-hybridized carbons (Fsp3) is 0.267. The quantitative estimate of drug-likeness (QED) is 0.877. The average Bonchev–Trinajstić information content (AvgIpc) is 2.85. The molecule has 2 rings (SSSR count). The molecule has 0 unspecified atom stereocenters. The van der Waals surface area contributed by atoms with Crippen molar-refractivity contribution in [2.75, 3.05) is 5.32 Å². The largest absolute Gasteiger partial charge is 0.368 e. The third-order valence-corrected chi connectivity index (χ3v) is 3.05. The lowest BCUT2D eigenvalue weighted by Gasteiger charge is -2.06. The summed E-state index contributed by atoms with van der Waals surface area (Å²) in [6, 6.07) is 7.46. The van der Waals surface area contributed by atoms with Gasteiger partial charge in [-0.05, 0) is 23.6 Å². The fourth-order valence-electron chi connectivity index (χ4n) is 1.90. The monoisotopic (exact) mass is 286 g/mol. The minimum absolute atomic E-state index is 0.0149. The van der Waals surface area contributed by atoms with E-state index in [0.717, 1.165) is 0 Å². The van der Waals surface area contributed by atoms with Crippen LogP contribution in [0.5, 0.6) is 0 Å². The molecule has 3 N–H and O–H groups in total. The average molecular weight is 286 g/mol. The highest BCUT2D eigenvalue weighted by atomic mass is 16.2. The van der Waals surface area contributed by atoms with E-state index in [1.807, 2.05) is 12.1 Å². The highest BCUT2D eigenvalue weighted by molar-refractivity contribution is 6.04. The van der Waals surface area contributed by atoms with E-state index in [4.69, 9.17) is 5.73 Å². The molecule has 6 heteroatoms. The van der Waals surface area contributed by atoms with E-state index in [-0.39, 0.29) is 12.5 Å². The fourth-order valence-corrected chi connectivity index (χ4v) is 1.90. The molecule has 110 valence electrons. The van der Waals surface area contributed by atoms with Gasteiger partial charge in [-0.2, -0.15) is 5.10 Å². The van der Waals surface area contributed by atoms with Crippen LogP contribution < -0.4 is 11.1 Å². The lowest BCUT2D eigenvalue weighted by atomic mass is 10.0. The van der Waals surface area contributed by atoms with Gasteiger partial charge in [-0.15, -0.1) is 0 Å². The van der Waals surface area contributed by atoms with Crippen LogP contribution in [0.4, 0.5) is 5.69 Å². The molecule has 0 atom stereocenters. The van der Waals surface area contributed by atoms with Gasteiger partial charge in [0, 0.05) is 11.8 Å². The number of hydrogen-bond donors (Lipinski definition) is 2. The van der Waals surface area contributed by atoms with Crippen LogP contribution in [0, 0.1) is 0 Å². The minimum Gasteiger partial charge on any atom is -0.368 e. The first-order chi connectivity index (χ1) is 9.95. The van der Waals surface area contributed by atoms with E-state index in [0.29, 0.717) is 17.2 Å². The molecule has 0 radical (unpaired) electrons. The van der Waals surface area contributed by atoms with Gasteiger partial charge in [0.05, 0.1) is 11.9 Å². The number of nitrogens with two attached hydrogens (primary N) is 1. The number of nitrogens with one attached hydrogen (secondary N) is 1. The number of carbonyl (C=O) groups excluding carboxylic acids is 2. The molecule has 1 aromatic carbocycles. The summed E-state index contributed by atoms with van der Waals surface area (Å²) in [5.74, 6) is -0.279. The summed E-state index contributed by atoms with van der Waals surface area (Å²) >= 11 is 0. The van der Waals surface area contributed by atoms with Crippen LogP contribution in [-0.4, -0.2) is 21.6 Å². The van der Waals surface area contributed by atoms with Crippen molar-refractivity contribution in [2.45, 2.75) is 26.3 Å². The zero-order valence-corrected chi connectivity index (χ0v) is 12.0. The number of anilines is 1. The Morgan fingerprint density at radius 3 is 2.52 bits per heavy atom. The molecule has 2 amide bonds. The van der Waals surface area contributed by atoms with E-state index in [9.17, 15) is 9.59 Å². The van der Waals surface area contributed by atoms with Crippen LogP contribution in [-0.2, 0) is 11.3 Å². The van der Waals surface area contributed by atoms with Gasteiger partial charge in [0.25, 0.3) is 5.91 Å². The molecule has 0 fully saturated rings. The van der Waals surface area contributed by atoms with Gasteiger partial charge >= 0.3 is 0 Å². The SMILES string of the molecule is CC(C)c1ccc(C(=O)Nc2cnn(CC(N)=O)c2)cc1. The van der Waals surface area contributed by atoms with Crippen LogP contribution in [0.3, 0.4) is 0 Å². The summed E-state index contributed by atoms with van der Waals surface area (Å²) in [5.41, 5.74) is 7.35. The smallest absolute Gasteiger partial charge is 0.255 e. The molecule has 0 bridgehead atoms. The van der Waals surface area contributed by atoms with Crippen molar-refractivity contribution in [1.29, 1.82) is 0 Å². The molecule has 0 saturated carbocycles. The van der Waals surface area contributed by atoms with E-state index in [1.165, 1.54) is 16.4 Å². The van der Waals surface area contributed by atoms with E-state index >= 15 is 0 Å². The molecule has 2 aromatic rings. The Bertz CT molecular complexity index is 644. The van der Waals surface area contributed by atoms with Crippen molar-refractivity contribution >= 4 is 17.5 Å². The second-order valence-corrected chi connectivity index (χ2v) is 5.12. The summed E-state index contributed by atoms with van der Waals surface area (Å²) in [6.45, 7) is 4.18. The maximum absolute atomic E-state index is 12.1. The summed E-state index contributed by atoms with van der Waals surface area (Å²) in [7, 11) is 0. The molecule has 0 aliphatic heterocycles. The van der Waals surface area contributed by atoms with Crippen LogP contribution in [0.15, 0.2) is 36.7 Å². The van der Waals surface area contributed by atoms with Crippen molar-refractivity contribution in [3.05, 3.63) is 47.8 Å². The highest BCUT2D eigenvalue weighted by Gasteiger charge is 2.09. The van der Waals surface area contributed by atoms with Crippen LogP contribution >= 0.6 is 0 Å². The first-order valence-electron chi connectivity index (χ1n) is 6.68. The predicted octanol–water partition coefficient (Wildman–Crippen LogP) is 1.74. The van der Waals surface area contributed by atoms with Crippen molar-refractivity contribution in [3.8, 4) is 0 Å². The Morgan fingerprint density at radius 2 is 1.95 bits per heavy atom. The maximum Gasteiger partial charge on any atom is 0.255 e. The first kappa shape index (κ1) is 14.8. The molecule has 21 heavy (non-hydrogen) atoms. The number of aromatic nitrogens is 2. The van der Waals surface area contributed by atoms with Crippen molar-refractivity contribution in [2.24, 2.45) is 5.73 Å². The second-order valence-electron chi connectivity index (χ2n) is 5.12. The third kappa shape index (κ3) is 3.92. The van der Waals surface area contributed by atoms with Crippen LogP contribution in [0.2, 0.25) is 0 Å². The van der Waals surface area contributed by atoms with E-state index in [1.54, 1.807) is 18.3 Å². The number of primary amides is 1. The van der Waals surface area contributed by atoms with E-state index < -0.39 is 5.91 Å². The molecule has 0 saturated heterocycles. The topological polar surface area (TPSA) is 90.0 Å². The lowest BCUT2D eigenvalue weighted by molar-refractivity contribution is -0.118. The first-order valence-corrected chi connectivity index (χ1v) is 6.68. The van der Waals surface area contributed by atoms with Gasteiger partial charge in [-0.1, -0.05) is 26.0 Å². The molecule has 0 spiro atoms. The van der Waals surface area contributed by atoms with Crippen molar-refractivity contribution in [3.63, 3.8) is 0 Å². The Labute approximate surface area is 122 Å². The van der Waals surface area contributed by atoms with Gasteiger partial charge in [0.1, 0.15) is 6.54 Å². The number of nitrogens with zero attached hydrogens (tertiary/aromatic N) is 2. The minimum atomic E-state index is -0.486. The molecule has 0 aliphatic rings. The van der Waals surface area contributed by atoms with Gasteiger partial charge in [0.15, 0.2) is 0 Å². The molecule has 6 nitrogen and oxygen atoms in total. The van der Waals surface area contributed by atoms with Crippen molar-refractivity contribution in [1.82, 2.24) is 9.78 Å². The number of benzene rings is 1. The summed E-state index contributed by atoms with van der Waals surface area (Å²) in [4.78, 5) is 22.9. The molecule has 1 aromatic heterocycles.